The molecule has 0 saturated heterocycles. The molecule has 16 atom stereocenters. The van der Waals surface area contributed by atoms with Gasteiger partial charge in [0.05, 0.1) is 50.3 Å². The average Bonchev–Trinajstić information content (AvgIpc) is 3.12. The molecule has 28 nitrogen and oxygen atoms in total. The van der Waals surface area contributed by atoms with Gasteiger partial charge in [-0.2, -0.15) is 0 Å². The van der Waals surface area contributed by atoms with E-state index in [9.17, 15) is 39.6 Å². The summed E-state index contributed by atoms with van der Waals surface area (Å²) in [6.45, 7) is -3.45. The second-order valence-corrected chi connectivity index (χ2v) is 9.98. The third-order valence-electron chi connectivity index (χ3n) is 5.98. The number of rotatable bonds is 20. The number of carbonyl (C=O) groups is 4. The summed E-state index contributed by atoms with van der Waals surface area (Å²) in [4.78, 5) is 39.9. The number of carboxylic acid groups (broad SMARTS) is 4. The molecule has 0 aromatic rings. The first-order valence-corrected chi connectivity index (χ1v) is 13.8. The number of aliphatic carboxylic acids is 4. The van der Waals surface area contributed by atoms with Gasteiger partial charge >= 0.3 is 47.0 Å². The van der Waals surface area contributed by atoms with Gasteiger partial charge in [-0.3, -0.25) is 0 Å². The minimum absolute atomic E-state index is 0. The maximum Gasteiger partial charge on any atom is 2.00 e. The summed E-state index contributed by atoms with van der Waals surface area (Å²) in [5, 5.41) is 214. The molecule has 0 aromatic carbocycles. The van der Waals surface area contributed by atoms with Crippen LogP contribution >= 0.6 is 0 Å². The van der Waals surface area contributed by atoms with E-state index in [1.807, 2.05) is 0 Å². The monoisotopic (exact) mass is 924 g/mol. The minimum atomic E-state index is -2.31. The van der Waals surface area contributed by atoms with Gasteiger partial charge in [0.25, 0.3) is 0 Å². The molecule has 0 rings (SSSR count). The zero-order valence-corrected chi connectivity index (χ0v) is 31.8. The van der Waals surface area contributed by atoms with Crippen LogP contribution in [0.1, 0.15) is 0 Å². The van der Waals surface area contributed by atoms with E-state index >= 15 is 0 Å². The van der Waals surface area contributed by atoms with Gasteiger partial charge in [0.15, 0.2) is 0 Å². The fourth-order valence-electron chi connectivity index (χ4n) is 2.65. The van der Waals surface area contributed by atoms with Crippen molar-refractivity contribution in [3.8, 4) is 0 Å². The summed E-state index contributed by atoms with van der Waals surface area (Å²) in [5.41, 5.74) is 0. The topological polar surface area (TPSA) is 565 Å². The molecule has 0 aliphatic heterocycles. The Hall–Kier alpha value is -1.36. The van der Waals surface area contributed by atoms with Crippen LogP contribution in [0.15, 0.2) is 0 Å². The van der Waals surface area contributed by atoms with Gasteiger partial charge < -0.3 is 142 Å². The number of hydrogen-bond acceptors (Lipinski definition) is 28. The van der Waals surface area contributed by atoms with E-state index in [4.69, 9.17) is 102 Å². The van der Waals surface area contributed by atoms with Crippen molar-refractivity contribution in [3.05, 3.63) is 0 Å². The Kier molecular flexibility index (Phi) is 40.3. The molecule has 30 heteroatoms. The zero-order chi connectivity index (χ0) is 42.4. The molecule has 54 heavy (non-hydrogen) atoms. The van der Waals surface area contributed by atoms with E-state index in [1.165, 1.54) is 0 Å². The fraction of sp³-hybridized carbons (Fsp3) is 0.833. The van der Waals surface area contributed by atoms with E-state index in [0.717, 1.165) is 0 Å². The number of carbonyl (C=O) groups excluding carboxylic acids is 4. The van der Waals surface area contributed by atoms with Crippen molar-refractivity contribution in [3.63, 3.8) is 0 Å². The SMILES string of the molecule is O=C([O-])[C@H](O)[C@@H](O)[C@H](O)[C@H](O)CO.O=C([O-])[C@H](O)[C@@H](O)[C@H](O)[C@H](O)CO.O=C([O-])[C@H](O)[C@@H](O)[C@H](O)[C@H](O)CO.O=C([O-])[C@H](O)[C@@H](O)[C@H](O)[C@H](O)CO.[Mg+2].[Sn+2]. The second kappa shape index (κ2) is 33.8. The first-order valence-electron chi connectivity index (χ1n) is 13.8. The van der Waals surface area contributed by atoms with Crippen LogP contribution in [-0.2, 0) is 19.2 Å². The van der Waals surface area contributed by atoms with Crippen molar-refractivity contribution < 1.29 is 142 Å². The smallest absolute Gasteiger partial charge is 0.547 e. The first kappa shape index (κ1) is 64.5. The Labute approximate surface area is 335 Å². The Morgan fingerprint density at radius 2 is 0.426 bits per heavy atom. The Morgan fingerprint density at radius 1 is 0.315 bits per heavy atom. The van der Waals surface area contributed by atoms with Crippen LogP contribution < -0.4 is 20.4 Å². The summed E-state index contributed by atoms with van der Waals surface area (Å²) in [7, 11) is 0. The van der Waals surface area contributed by atoms with Gasteiger partial charge in [-0.1, -0.05) is 0 Å². The van der Waals surface area contributed by atoms with Gasteiger partial charge in [0, 0.05) is 0 Å². The van der Waals surface area contributed by atoms with Crippen LogP contribution in [0, 0.1) is 0 Å². The number of hydrogen-bond donors (Lipinski definition) is 20. The molecule has 0 fully saturated rings. The average molecular weight is 924 g/mol. The molecular weight excluding hydrogens is 879 g/mol. The predicted molar refractivity (Wildman–Crippen MR) is 156 cm³/mol. The summed E-state index contributed by atoms with van der Waals surface area (Å²) >= 11 is 0. The maximum absolute atomic E-state index is 9.98. The Morgan fingerprint density at radius 3 is 0.500 bits per heavy atom. The molecule has 0 saturated carbocycles. The second-order valence-electron chi connectivity index (χ2n) is 9.98. The predicted octanol–water partition coefficient (Wildman–Crippen LogP) is -20.1. The summed E-state index contributed by atoms with van der Waals surface area (Å²) < 4.78 is 0. The molecule has 0 spiro atoms. The van der Waals surface area contributed by atoms with Gasteiger partial charge in [0.2, 0.25) is 0 Å². The fourth-order valence-corrected chi connectivity index (χ4v) is 2.65. The minimum Gasteiger partial charge on any atom is -0.547 e. The van der Waals surface area contributed by atoms with Crippen molar-refractivity contribution in [2.24, 2.45) is 0 Å². The van der Waals surface area contributed by atoms with E-state index in [-0.39, 0.29) is 47.0 Å². The zero-order valence-electron chi connectivity index (χ0n) is 27.5. The summed E-state index contributed by atoms with van der Waals surface area (Å²) in [5.74, 6) is -7.90. The number of carboxylic acids is 4. The number of aliphatic hydroxyl groups is 20. The van der Waals surface area contributed by atoms with Crippen molar-refractivity contribution in [1.29, 1.82) is 0 Å². The number of aliphatic hydroxyl groups excluding tert-OH is 20. The van der Waals surface area contributed by atoms with Gasteiger partial charge in [-0.25, -0.2) is 0 Å². The van der Waals surface area contributed by atoms with Crippen molar-refractivity contribution in [1.82, 2.24) is 0 Å². The standard InChI is InChI=1S/4C6H12O7.Mg.Sn/c4*7-1-2(8)3(9)4(10)5(11)6(12)13;;/h4*2-5,7-11H,1H2,(H,12,13);;/q;;;;2*+2/p-4/t4*2-,3-,4+,5-;;/m1111../s1. The molecule has 314 valence electrons. The van der Waals surface area contributed by atoms with E-state index in [2.05, 4.69) is 0 Å². The van der Waals surface area contributed by atoms with Crippen molar-refractivity contribution in [2.75, 3.05) is 26.4 Å². The summed E-state index contributed by atoms with van der Waals surface area (Å²) in [6.07, 6.45) is -32.3. The van der Waals surface area contributed by atoms with Crippen LogP contribution in [-0.4, -0.2) is 297 Å². The third kappa shape index (κ3) is 25.0. The molecule has 0 aliphatic carbocycles. The quantitative estimate of drug-likeness (QED) is 0.0504. The van der Waals surface area contributed by atoms with E-state index in [0.29, 0.717) is 0 Å². The van der Waals surface area contributed by atoms with Gasteiger partial charge in [-0.05, 0) is 0 Å². The molecule has 0 heterocycles. The van der Waals surface area contributed by atoms with E-state index < -0.39 is 148 Å². The Bertz CT molecular complexity index is 848. The van der Waals surface area contributed by atoms with Crippen LogP contribution in [0.3, 0.4) is 0 Å². The third-order valence-corrected chi connectivity index (χ3v) is 5.98. The molecule has 0 amide bonds. The van der Waals surface area contributed by atoms with Crippen molar-refractivity contribution in [2.45, 2.75) is 97.7 Å². The summed E-state index contributed by atoms with van der Waals surface area (Å²) in [6, 6.07) is 0. The Balaban J connectivity index is -0.000000140. The van der Waals surface area contributed by atoms with Gasteiger partial charge in [-0.15, -0.1) is 0 Å². The van der Waals surface area contributed by atoms with Crippen LogP contribution in [0.25, 0.3) is 0 Å². The largest absolute Gasteiger partial charge is 2.00 e. The molecule has 0 aliphatic rings. The molecule has 0 unspecified atom stereocenters. The molecule has 2 radical (unpaired) electrons. The molecular formula is C24H44MgO28Sn. The molecule has 0 aromatic heterocycles. The van der Waals surface area contributed by atoms with E-state index in [1.54, 1.807) is 0 Å². The van der Waals surface area contributed by atoms with Crippen LogP contribution in [0.2, 0.25) is 0 Å². The molecule has 0 bridgehead atoms. The van der Waals surface area contributed by atoms with Gasteiger partial charge in [0.1, 0.15) is 97.7 Å². The van der Waals surface area contributed by atoms with Crippen molar-refractivity contribution >= 4 is 70.8 Å². The van der Waals surface area contributed by atoms with Crippen LogP contribution in [0.4, 0.5) is 0 Å². The normalized spacial score (nSPS) is 19.6. The maximum atomic E-state index is 9.98. The molecule has 20 N–H and O–H groups in total. The van der Waals surface area contributed by atoms with Crippen LogP contribution in [0.5, 0.6) is 0 Å². The first-order chi connectivity index (χ1) is 23.7.